The maximum Gasteiger partial charge on any atom is 0.397 e. The van der Waals surface area contributed by atoms with E-state index >= 15 is 0 Å². The van der Waals surface area contributed by atoms with Crippen molar-refractivity contribution in [1.29, 1.82) is 0 Å². The van der Waals surface area contributed by atoms with Crippen molar-refractivity contribution in [3.05, 3.63) is 12.2 Å². The van der Waals surface area contributed by atoms with E-state index < -0.39 is 10.4 Å². The molecule has 1 N–H and O–H groups in total. The zero-order valence-electron chi connectivity index (χ0n) is 22.1. The molecule has 0 aromatic rings. The Morgan fingerprint density at radius 1 is 0.879 bits per heavy atom. The van der Waals surface area contributed by atoms with E-state index in [0.29, 0.717) is 13.0 Å². The first-order valence-corrected chi connectivity index (χ1v) is 14.1. The predicted octanol–water partition coefficient (Wildman–Crippen LogP) is 5.31. The van der Waals surface area contributed by atoms with Gasteiger partial charge in [-0.3, -0.25) is 8.74 Å². The zero-order chi connectivity index (χ0) is 25.4. The fourth-order valence-electron chi connectivity index (χ4n) is 3.17. The van der Waals surface area contributed by atoms with Crippen molar-refractivity contribution in [2.75, 3.05) is 41.3 Å². The fourth-order valence-corrected chi connectivity index (χ4v) is 3.17. The van der Waals surface area contributed by atoms with Crippen molar-refractivity contribution in [2.24, 2.45) is 4.99 Å². The Kier molecular flexibility index (Phi) is 23.6. The summed E-state index contributed by atoms with van der Waals surface area (Å²) >= 11 is 0. The van der Waals surface area contributed by atoms with Crippen molar-refractivity contribution in [3.8, 4) is 0 Å². The largest absolute Gasteiger partial charge is 0.862 e. The molecule has 0 aromatic carbocycles. The smallest absolute Gasteiger partial charge is 0.397 e. The third-order valence-electron chi connectivity index (χ3n) is 5.14. The van der Waals surface area contributed by atoms with Gasteiger partial charge in [-0.15, -0.1) is 0 Å². The van der Waals surface area contributed by atoms with Crippen LogP contribution in [0.15, 0.2) is 17.1 Å². The van der Waals surface area contributed by atoms with Gasteiger partial charge in [0.2, 0.25) is 0 Å². The number of aliphatic imine (C=N–C) groups is 1. The Morgan fingerprint density at radius 3 is 1.79 bits per heavy atom. The topological polar surface area (TPSA) is 99.0 Å². The third kappa shape index (κ3) is 35.8. The minimum atomic E-state index is -4.16. The fraction of sp³-hybridized carbons (Fsp3) is 0.880. The second-order valence-electron chi connectivity index (χ2n) is 9.57. The molecule has 0 saturated carbocycles. The molecule has 0 aromatic heterocycles. The maximum atomic E-state index is 11.7. The number of rotatable bonds is 20. The lowest BCUT2D eigenvalue weighted by atomic mass is 10.1. The van der Waals surface area contributed by atoms with E-state index in [1.54, 1.807) is 0 Å². The van der Waals surface area contributed by atoms with Crippen LogP contribution in [0.4, 0.5) is 0 Å². The van der Waals surface area contributed by atoms with Crippen LogP contribution in [0.5, 0.6) is 0 Å². The first kappa shape index (κ1) is 34.2. The van der Waals surface area contributed by atoms with Crippen LogP contribution < -0.4 is 5.11 Å². The summed E-state index contributed by atoms with van der Waals surface area (Å²) < 4.78 is 30.7. The van der Waals surface area contributed by atoms with Crippen molar-refractivity contribution >= 4 is 16.3 Å². The predicted molar refractivity (Wildman–Crippen MR) is 138 cm³/mol. The minimum Gasteiger partial charge on any atom is -0.862 e. The molecule has 0 atom stereocenters. The van der Waals surface area contributed by atoms with Crippen LogP contribution in [0, 0.1) is 0 Å². The van der Waals surface area contributed by atoms with Gasteiger partial charge in [0, 0.05) is 13.0 Å². The highest BCUT2D eigenvalue weighted by Gasteiger charge is 2.04. The van der Waals surface area contributed by atoms with Crippen LogP contribution in [-0.4, -0.2) is 64.7 Å². The highest BCUT2D eigenvalue weighted by atomic mass is 32.3. The molecule has 0 fully saturated rings. The highest BCUT2D eigenvalue weighted by molar-refractivity contribution is 7.80. The van der Waals surface area contributed by atoms with E-state index in [0.717, 1.165) is 31.0 Å². The molecule has 0 amide bonds. The third-order valence-corrected chi connectivity index (χ3v) is 5.56. The van der Waals surface area contributed by atoms with Crippen LogP contribution in [-0.2, 0) is 14.6 Å². The molecule has 0 radical (unpaired) electrons. The van der Waals surface area contributed by atoms with Crippen LogP contribution in [0.2, 0.25) is 0 Å². The molecule has 0 spiro atoms. The Hall–Kier alpha value is -0.960. The first-order chi connectivity index (χ1) is 15.5. The van der Waals surface area contributed by atoms with E-state index in [-0.39, 0.29) is 5.90 Å². The zero-order valence-corrected chi connectivity index (χ0v) is 22.9. The van der Waals surface area contributed by atoms with Crippen LogP contribution in [0.1, 0.15) is 103 Å². The maximum absolute atomic E-state index is 11.7. The molecule has 0 unspecified atom stereocenters. The van der Waals surface area contributed by atoms with Crippen LogP contribution in [0.25, 0.3) is 0 Å². The Labute approximate surface area is 204 Å². The van der Waals surface area contributed by atoms with Crippen molar-refractivity contribution in [3.63, 3.8) is 0 Å². The molecule has 7 nitrogen and oxygen atoms in total. The van der Waals surface area contributed by atoms with Gasteiger partial charge in [-0.25, -0.2) is 0 Å². The van der Waals surface area contributed by atoms with Crippen LogP contribution >= 0.6 is 0 Å². The summed E-state index contributed by atoms with van der Waals surface area (Å²) in [6.07, 6.45) is 23.2. The Bertz CT molecular complexity index is 584. The molecule has 0 bridgehead atoms. The molecule has 198 valence electrons. The molecule has 0 aliphatic rings. The van der Waals surface area contributed by atoms with E-state index in [2.05, 4.69) is 49.4 Å². The SMILES string of the molecule is CCCCCCCC/C=C\CCCCCCCC([O-])=NCCC[N+](C)(C)C.COS(=O)(=O)O. The van der Waals surface area contributed by atoms with E-state index in [9.17, 15) is 13.5 Å². The normalized spacial score (nSPS) is 12.7. The van der Waals surface area contributed by atoms with E-state index in [1.165, 1.54) is 77.0 Å². The molecule has 0 aliphatic carbocycles. The summed E-state index contributed by atoms with van der Waals surface area (Å²) in [6.45, 7) is 4.04. The average molecular weight is 493 g/mol. The van der Waals surface area contributed by atoms with E-state index in [1.807, 2.05) is 0 Å². The summed E-state index contributed by atoms with van der Waals surface area (Å²) in [5.74, 6) is 0.106. The standard InChI is InChI=1S/C24H48N2O.CH4O4S/c1-5-6-7-8-9-10-11-12-13-14-15-16-17-18-19-21-24(27)25-22-20-23-26(2,3)4;1-5-6(2,3)4/h12-13H,5-11,14-23H2,1-4H3;1H3,(H,2,3,4)/b13-12-;. The summed E-state index contributed by atoms with van der Waals surface area (Å²) in [7, 11) is 3.23. The van der Waals surface area contributed by atoms with E-state index in [4.69, 9.17) is 4.55 Å². The Balaban J connectivity index is 0. The summed E-state index contributed by atoms with van der Waals surface area (Å²) in [5, 5.41) is 11.7. The second kappa shape index (κ2) is 22.8. The second-order valence-corrected chi connectivity index (χ2v) is 10.8. The van der Waals surface area contributed by atoms with Gasteiger partial charge in [-0.2, -0.15) is 8.42 Å². The molecule has 0 aliphatic heterocycles. The van der Waals surface area contributed by atoms with Gasteiger partial charge in [0.25, 0.3) is 0 Å². The lowest BCUT2D eigenvalue weighted by molar-refractivity contribution is -0.870. The minimum absolute atomic E-state index is 0.106. The molecular formula is C25H52N2O5S. The number of quaternary nitrogens is 1. The molecule has 33 heavy (non-hydrogen) atoms. The number of unbranched alkanes of at least 4 members (excludes halogenated alkanes) is 11. The molecule has 0 saturated heterocycles. The van der Waals surface area contributed by atoms with Gasteiger partial charge >= 0.3 is 10.4 Å². The van der Waals surface area contributed by atoms with Crippen molar-refractivity contribution in [1.82, 2.24) is 0 Å². The quantitative estimate of drug-likeness (QED) is 0.0619. The van der Waals surface area contributed by atoms with Crippen LogP contribution in [0.3, 0.4) is 0 Å². The number of allylic oxidation sites excluding steroid dienone is 2. The van der Waals surface area contributed by atoms with Crippen molar-refractivity contribution in [2.45, 2.75) is 103 Å². The van der Waals surface area contributed by atoms with Gasteiger partial charge < -0.3 is 14.6 Å². The average Bonchev–Trinajstić information content (AvgIpc) is 2.73. The molecule has 0 rings (SSSR count). The lowest BCUT2D eigenvalue weighted by Crippen LogP contribution is -2.35. The van der Waals surface area contributed by atoms with Crippen molar-refractivity contribution < 1.29 is 26.7 Å². The van der Waals surface area contributed by atoms with Gasteiger partial charge in [0.1, 0.15) is 0 Å². The lowest BCUT2D eigenvalue weighted by Gasteiger charge is -2.23. The number of hydrogen-bond acceptors (Lipinski definition) is 5. The summed E-state index contributed by atoms with van der Waals surface area (Å²) in [4.78, 5) is 4.17. The number of hydrogen-bond donors (Lipinski definition) is 1. The van der Waals surface area contributed by atoms with Gasteiger partial charge in [0.05, 0.1) is 34.8 Å². The van der Waals surface area contributed by atoms with Gasteiger partial charge in [-0.1, -0.05) is 70.4 Å². The first-order valence-electron chi connectivity index (χ1n) is 12.7. The molecular weight excluding hydrogens is 440 g/mol. The van der Waals surface area contributed by atoms with Gasteiger partial charge in [-0.05, 0) is 44.4 Å². The molecule has 0 heterocycles. The monoisotopic (exact) mass is 492 g/mol. The van der Waals surface area contributed by atoms with Gasteiger partial charge in [0.15, 0.2) is 0 Å². The summed E-state index contributed by atoms with van der Waals surface area (Å²) in [6, 6.07) is 0. The summed E-state index contributed by atoms with van der Waals surface area (Å²) in [5.41, 5.74) is 0. The number of nitrogens with zero attached hydrogens (tertiary/aromatic N) is 2. The highest BCUT2D eigenvalue weighted by Crippen LogP contribution is 2.10. The Morgan fingerprint density at radius 2 is 1.33 bits per heavy atom. The molecule has 8 heteroatoms.